The van der Waals surface area contributed by atoms with Gasteiger partial charge in [0.2, 0.25) is 0 Å². The van der Waals surface area contributed by atoms with Crippen LogP contribution in [0, 0.1) is 17.8 Å². The van der Waals surface area contributed by atoms with Gasteiger partial charge in [-0.05, 0) is 61.3 Å². The molecular weight excluding hydrogens is 366 g/mol. The van der Waals surface area contributed by atoms with Crippen molar-refractivity contribution < 1.29 is 14.3 Å². The summed E-state index contributed by atoms with van der Waals surface area (Å²) in [5.41, 5.74) is 0.807. The van der Waals surface area contributed by atoms with Crippen LogP contribution in [-0.2, 0) is 4.74 Å². The molecular formula is C23H33N3O3. The van der Waals surface area contributed by atoms with E-state index < -0.39 is 0 Å². The summed E-state index contributed by atoms with van der Waals surface area (Å²) < 4.78 is 10.6. The van der Waals surface area contributed by atoms with Crippen molar-refractivity contribution in [2.24, 2.45) is 17.8 Å². The highest BCUT2D eigenvalue weighted by Gasteiger charge is 2.37. The average Bonchev–Trinajstić information content (AvgIpc) is 3.37. The summed E-state index contributed by atoms with van der Waals surface area (Å²) in [7, 11) is 1.65. The molecule has 2 amide bonds. The maximum absolute atomic E-state index is 13.1. The first-order valence-electron chi connectivity index (χ1n) is 10.9. The highest BCUT2D eigenvalue weighted by molar-refractivity contribution is 5.89. The zero-order valence-electron chi connectivity index (χ0n) is 17.4. The van der Waals surface area contributed by atoms with Crippen LogP contribution in [0.3, 0.4) is 0 Å². The fraction of sp³-hybridized carbons (Fsp3) is 0.609. The quantitative estimate of drug-likeness (QED) is 0.680. The summed E-state index contributed by atoms with van der Waals surface area (Å²) in [6, 6.07) is 7.54. The number of nitrogens with one attached hydrogen (secondary N) is 1. The largest absolute Gasteiger partial charge is 0.497 e. The molecule has 158 valence electrons. The Balaban J connectivity index is 1.34. The Morgan fingerprint density at radius 2 is 2.00 bits per heavy atom. The minimum Gasteiger partial charge on any atom is -0.497 e. The van der Waals surface area contributed by atoms with Crippen LogP contribution in [0.5, 0.6) is 5.75 Å². The van der Waals surface area contributed by atoms with E-state index in [4.69, 9.17) is 9.47 Å². The molecule has 2 fully saturated rings. The molecule has 1 saturated heterocycles. The second kappa shape index (κ2) is 9.63. The maximum atomic E-state index is 13.1. The Kier molecular flexibility index (Phi) is 6.72. The van der Waals surface area contributed by atoms with E-state index in [-0.39, 0.29) is 6.03 Å². The van der Waals surface area contributed by atoms with Gasteiger partial charge in [-0.3, -0.25) is 4.90 Å². The second-order valence-electron chi connectivity index (χ2n) is 8.45. The third-order valence-electron chi connectivity index (χ3n) is 6.51. The Morgan fingerprint density at radius 1 is 1.21 bits per heavy atom. The van der Waals surface area contributed by atoms with Gasteiger partial charge in [-0.15, -0.1) is 0 Å². The van der Waals surface area contributed by atoms with Gasteiger partial charge in [-0.2, -0.15) is 0 Å². The summed E-state index contributed by atoms with van der Waals surface area (Å²) in [5, 5.41) is 3.08. The lowest BCUT2D eigenvalue weighted by molar-refractivity contribution is 0.0364. The topological polar surface area (TPSA) is 54.0 Å². The van der Waals surface area contributed by atoms with Gasteiger partial charge in [0.05, 0.1) is 20.3 Å². The molecule has 0 radical (unpaired) electrons. The van der Waals surface area contributed by atoms with E-state index in [1.807, 2.05) is 29.2 Å². The van der Waals surface area contributed by atoms with Gasteiger partial charge in [0.1, 0.15) is 5.75 Å². The van der Waals surface area contributed by atoms with Crippen molar-refractivity contribution in [2.45, 2.75) is 19.3 Å². The Hall–Kier alpha value is -2.05. The maximum Gasteiger partial charge on any atom is 0.321 e. The van der Waals surface area contributed by atoms with Crippen LogP contribution >= 0.6 is 0 Å². The molecule has 3 aliphatic rings. The number of rotatable bonds is 8. The Labute approximate surface area is 173 Å². The van der Waals surface area contributed by atoms with Crippen molar-refractivity contribution in [3.05, 3.63) is 36.4 Å². The lowest BCUT2D eigenvalue weighted by atomic mass is 9.93. The number of urea groups is 1. The Bertz CT molecular complexity index is 700. The third kappa shape index (κ3) is 5.31. The van der Waals surface area contributed by atoms with Gasteiger partial charge in [-0.1, -0.05) is 12.2 Å². The molecule has 0 aromatic heterocycles. The second-order valence-corrected chi connectivity index (χ2v) is 8.45. The lowest BCUT2D eigenvalue weighted by Crippen LogP contribution is -2.42. The molecule has 1 saturated carbocycles. The molecule has 6 nitrogen and oxygen atoms in total. The highest BCUT2D eigenvalue weighted by Crippen LogP contribution is 2.43. The zero-order chi connectivity index (χ0) is 20.1. The summed E-state index contributed by atoms with van der Waals surface area (Å²) in [4.78, 5) is 17.5. The summed E-state index contributed by atoms with van der Waals surface area (Å²) in [6.07, 6.45) is 8.21. The smallest absolute Gasteiger partial charge is 0.321 e. The van der Waals surface area contributed by atoms with Crippen LogP contribution in [0.15, 0.2) is 36.4 Å². The van der Waals surface area contributed by atoms with Gasteiger partial charge in [0.25, 0.3) is 0 Å². The molecule has 2 aliphatic carbocycles. The SMILES string of the molecule is COc1ccc(NC(=O)N(CCCN2CCOCC2)CC2CC3C=CC2C3)cc1. The number of nitrogens with zero attached hydrogens (tertiary/aromatic N) is 2. The van der Waals surface area contributed by atoms with Crippen molar-refractivity contribution >= 4 is 11.7 Å². The van der Waals surface area contributed by atoms with E-state index in [0.717, 1.165) is 69.7 Å². The number of carbonyl (C=O) groups excluding carboxylic acids is 1. The van der Waals surface area contributed by atoms with Crippen molar-refractivity contribution in [3.8, 4) is 5.75 Å². The minimum atomic E-state index is 0.00361. The third-order valence-corrected chi connectivity index (χ3v) is 6.51. The van der Waals surface area contributed by atoms with Crippen LogP contribution in [0.25, 0.3) is 0 Å². The summed E-state index contributed by atoms with van der Waals surface area (Å²) in [6.45, 7) is 6.28. The number of ether oxygens (including phenoxy) is 2. The number of amides is 2. The predicted molar refractivity (Wildman–Crippen MR) is 114 cm³/mol. The van der Waals surface area contributed by atoms with Crippen molar-refractivity contribution in [3.63, 3.8) is 0 Å². The van der Waals surface area contributed by atoms with Gasteiger partial charge in [0.15, 0.2) is 0 Å². The van der Waals surface area contributed by atoms with E-state index >= 15 is 0 Å². The normalized spacial score (nSPS) is 25.9. The number of morpholine rings is 1. The van der Waals surface area contributed by atoms with Gasteiger partial charge >= 0.3 is 6.03 Å². The van der Waals surface area contributed by atoms with E-state index in [1.165, 1.54) is 12.8 Å². The number of hydrogen-bond donors (Lipinski definition) is 1. The van der Waals surface area contributed by atoms with Gasteiger partial charge < -0.3 is 19.7 Å². The number of benzene rings is 1. The average molecular weight is 400 g/mol. The Morgan fingerprint density at radius 3 is 2.66 bits per heavy atom. The number of fused-ring (bicyclic) bond motifs is 2. The predicted octanol–water partition coefficient (Wildman–Crippen LogP) is 3.46. The zero-order valence-corrected chi connectivity index (χ0v) is 17.4. The van der Waals surface area contributed by atoms with Crippen LogP contribution in [0.4, 0.5) is 10.5 Å². The molecule has 29 heavy (non-hydrogen) atoms. The van der Waals surface area contributed by atoms with Crippen molar-refractivity contribution in [1.82, 2.24) is 9.80 Å². The van der Waals surface area contributed by atoms with Crippen LogP contribution < -0.4 is 10.1 Å². The molecule has 1 heterocycles. The minimum absolute atomic E-state index is 0.00361. The number of anilines is 1. The number of methoxy groups -OCH3 is 1. The summed E-state index contributed by atoms with van der Waals surface area (Å²) in [5.74, 6) is 2.76. The fourth-order valence-electron chi connectivity index (χ4n) is 4.85. The molecule has 3 atom stereocenters. The van der Waals surface area contributed by atoms with E-state index in [2.05, 4.69) is 22.4 Å². The van der Waals surface area contributed by atoms with E-state index in [0.29, 0.717) is 11.8 Å². The number of allylic oxidation sites excluding steroid dienone is 2. The molecule has 1 aromatic carbocycles. The number of hydrogen-bond acceptors (Lipinski definition) is 4. The molecule has 3 unspecified atom stereocenters. The molecule has 1 aromatic rings. The first-order chi connectivity index (χ1) is 14.2. The summed E-state index contributed by atoms with van der Waals surface area (Å²) >= 11 is 0. The highest BCUT2D eigenvalue weighted by atomic mass is 16.5. The van der Waals surface area contributed by atoms with Crippen LogP contribution in [0.1, 0.15) is 19.3 Å². The molecule has 1 aliphatic heterocycles. The van der Waals surface area contributed by atoms with Gasteiger partial charge in [-0.25, -0.2) is 4.79 Å². The molecule has 2 bridgehead atoms. The first kappa shape index (κ1) is 20.2. The van der Waals surface area contributed by atoms with E-state index in [9.17, 15) is 4.79 Å². The number of carbonyl (C=O) groups is 1. The fourth-order valence-corrected chi connectivity index (χ4v) is 4.85. The molecule has 6 heteroatoms. The van der Waals surface area contributed by atoms with E-state index in [1.54, 1.807) is 7.11 Å². The standard InChI is InChI=1S/C23H33N3O3/c1-28-22-7-5-21(6-8-22)24-23(27)26(10-2-9-25-11-13-29-14-12-25)17-20-16-18-3-4-19(20)15-18/h3-8,18-20H,2,9-17H2,1H3,(H,24,27). The monoisotopic (exact) mass is 399 g/mol. The van der Waals surface area contributed by atoms with Crippen LogP contribution in [0.2, 0.25) is 0 Å². The van der Waals surface area contributed by atoms with Crippen molar-refractivity contribution in [2.75, 3.05) is 58.4 Å². The van der Waals surface area contributed by atoms with Crippen LogP contribution in [-0.4, -0.2) is 68.9 Å². The molecule has 4 rings (SSSR count). The first-order valence-corrected chi connectivity index (χ1v) is 10.9. The molecule has 0 spiro atoms. The van der Waals surface area contributed by atoms with Gasteiger partial charge in [0, 0.05) is 38.4 Å². The molecule has 1 N–H and O–H groups in total. The van der Waals surface area contributed by atoms with Crippen molar-refractivity contribution in [1.29, 1.82) is 0 Å². The lowest BCUT2D eigenvalue weighted by Gasteiger charge is -2.31.